The Morgan fingerprint density at radius 1 is 1.04 bits per heavy atom. The van der Waals surface area contributed by atoms with Gasteiger partial charge in [0.25, 0.3) is 5.91 Å². The van der Waals surface area contributed by atoms with Gasteiger partial charge < -0.3 is 14.8 Å². The molecule has 1 amide bonds. The van der Waals surface area contributed by atoms with E-state index in [9.17, 15) is 4.79 Å². The number of methoxy groups -OCH3 is 2. The van der Waals surface area contributed by atoms with Crippen LogP contribution in [0, 0.1) is 0 Å². The summed E-state index contributed by atoms with van der Waals surface area (Å²) in [4.78, 5) is 12.9. The maximum absolute atomic E-state index is 12.9. The van der Waals surface area contributed by atoms with Crippen molar-refractivity contribution in [2.24, 2.45) is 0 Å². The first-order valence-electron chi connectivity index (χ1n) is 8.62. The van der Waals surface area contributed by atoms with Crippen LogP contribution < -0.4 is 14.8 Å². The van der Waals surface area contributed by atoms with Crippen LogP contribution in [-0.2, 0) is 11.0 Å². The summed E-state index contributed by atoms with van der Waals surface area (Å²) in [5.74, 6) is 1.49. The molecule has 0 spiro atoms. The van der Waals surface area contributed by atoms with Gasteiger partial charge >= 0.3 is 0 Å². The summed E-state index contributed by atoms with van der Waals surface area (Å²) in [6.45, 7) is 12.4. The topological polar surface area (TPSA) is 65.4 Å². The summed E-state index contributed by atoms with van der Waals surface area (Å²) in [6, 6.07) is 7.05. The van der Waals surface area contributed by atoms with Crippen LogP contribution in [-0.4, -0.2) is 29.9 Å². The van der Waals surface area contributed by atoms with E-state index in [2.05, 4.69) is 46.9 Å². The highest BCUT2D eigenvalue weighted by molar-refractivity contribution is 6.06. The molecule has 0 saturated carbocycles. The van der Waals surface area contributed by atoms with Gasteiger partial charge in [-0.05, 0) is 32.9 Å². The lowest BCUT2D eigenvalue weighted by Gasteiger charge is -2.23. The third-order valence-corrected chi connectivity index (χ3v) is 4.01. The largest absolute Gasteiger partial charge is 0.497 e. The van der Waals surface area contributed by atoms with E-state index in [1.165, 1.54) is 7.11 Å². The minimum absolute atomic E-state index is 0.117. The molecule has 6 heteroatoms. The molecule has 1 heterocycles. The average Bonchev–Trinajstić information content (AvgIpc) is 2.98. The molecule has 0 saturated heterocycles. The Labute approximate surface area is 155 Å². The number of rotatable bonds is 4. The van der Waals surface area contributed by atoms with E-state index >= 15 is 0 Å². The monoisotopic (exact) mass is 359 g/mol. The fourth-order valence-corrected chi connectivity index (χ4v) is 2.52. The minimum Gasteiger partial charge on any atom is -0.497 e. The van der Waals surface area contributed by atoms with E-state index in [1.807, 2.05) is 10.7 Å². The normalized spacial score (nSPS) is 12.0. The molecule has 0 radical (unpaired) electrons. The van der Waals surface area contributed by atoms with Crippen molar-refractivity contribution in [3.8, 4) is 11.5 Å². The maximum Gasteiger partial charge on any atom is 0.260 e. The molecule has 0 aliphatic heterocycles. The number of carbonyl (C=O) groups excluding carboxylic acids is 1. The Balaban J connectivity index is 2.42. The smallest absolute Gasteiger partial charge is 0.260 e. The van der Waals surface area contributed by atoms with Gasteiger partial charge in [0.05, 0.1) is 31.0 Å². The van der Waals surface area contributed by atoms with Crippen molar-refractivity contribution in [3.63, 3.8) is 0 Å². The molecule has 6 nitrogen and oxygen atoms in total. The van der Waals surface area contributed by atoms with Gasteiger partial charge in [-0.1, -0.05) is 20.8 Å². The first-order valence-corrected chi connectivity index (χ1v) is 8.62. The van der Waals surface area contributed by atoms with Crippen molar-refractivity contribution >= 4 is 11.7 Å². The lowest BCUT2D eigenvalue weighted by Crippen LogP contribution is -2.27. The molecule has 0 bridgehead atoms. The third kappa shape index (κ3) is 4.18. The van der Waals surface area contributed by atoms with Crippen LogP contribution in [0.4, 0.5) is 5.82 Å². The van der Waals surface area contributed by atoms with Crippen molar-refractivity contribution in [2.75, 3.05) is 19.5 Å². The van der Waals surface area contributed by atoms with Crippen LogP contribution in [0.25, 0.3) is 0 Å². The number of benzene rings is 1. The third-order valence-electron chi connectivity index (χ3n) is 4.01. The fourth-order valence-electron chi connectivity index (χ4n) is 2.52. The van der Waals surface area contributed by atoms with E-state index in [1.54, 1.807) is 25.3 Å². The molecule has 142 valence electrons. The van der Waals surface area contributed by atoms with Crippen LogP contribution in [0.1, 0.15) is 57.6 Å². The van der Waals surface area contributed by atoms with Gasteiger partial charge in [-0.3, -0.25) is 4.79 Å². The molecular weight excluding hydrogens is 330 g/mol. The summed E-state index contributed by atoms with van der Waals surface area (Å²) < 4.78 is 12.4. The zero-order valence-electron chi connectivity index (χ0n) is 16.9. The molecule has 1 N–H and O–H groups in total. The van der Waals surface area contributed by atoms with Gasteiger partial charge in [0, 0.05) is 17.5 Å². The molecule has 0 atom stereocenters. The second kappa shape index (κ2) is 7.02. The van der Waals surface area contributed by atoms with Crippen LogP contribution in [0.5, 0.6) is 11.5 Å². The Kier molecular flexibility index (Phi) is 5.35. The first-order chi connectivity index (χ1) is 12.0. The highest BCUT2D eigenvalue weighted by atomic mass is 16.5. The molecule has 0 unspecified atom stereocenters. The van der Waals surface area contributed by atoms with Crippen molar-refractivity contribution in [2.45, 2.75) is 52.5 Å². The molecule has 0 aliphatic carbocycles. The van der Waals surface area contributed by atoms with Gasteiger partial charge in [0.15, 0.2) is 0 Å². The van der Waals surface area contributed by atoms with Crippen LogP contribution >= 0.6 is 0 Å². The van der Waals surface area contributed by atoms with Crippen LogP contribution in [0.3, 0.4) is 0 Å². The van der Waals surface area contributed by atoms with E-state index in [0.29, 0.717) is 22.9 Å². The highest BCUT2D eigenvalue weighted by Crippen LogP contribution is 2.30. The van der Waals surface area contributed by atoms with Gasteiger partial charge in [-0.2, -0.15) is 5.10 Å². The number of aromatic nitrogens is 2. The number of nitrogens with zero attached hydrogens (tertiary/aromatic N) is 2. The fraction of sp³-hybridized carbons (Fsp3) is 0.500. The van der Waals surface area contributed by atoms with Crippen molar-refractivity contribution in [1.29, 1.82) is 0 Å². The second-order valence-corrected chi connectivity index (χ2v) is 8.27. The highest BCUT2D eigenvalue weighted by Gasteiger charge is 2.26. The SMILES string of the molecule is COc1ccc(C(=O)Nc2cc(C(C)(C)C)nn2C(C)(C)C)c(OC)c1. The zero-order chi connectivity index (χ0) is 19.7. The summed E-state index contributed by atoms with van der Waals surface area (Å²) >= 11 is 0. The number of hydrogen-bond acceptors (Lipinski definition) is 4. The molecule has 1 aromatic carbocycles. The lowest BCUT2D eigenvalue weighted by atomic mass is 9.92. The predicted octanol–water partition coefficient (Wildman–Crippen LogP) is 4.21. The van der Waals surface area contributed by atoms with Gasteiger partial charge in [-0.25, -0.2) is 4.68 Å². The molecule has 1 aromatic heterocycles. The molecule has 26 heavy (non-hydrogen) atoms. The quantitative estimate of drug-likeness (QED) is 0.888. The Hall–Kier alpha value is -2.50. The van der Waals surface area contributed by atoms with Crippen molar-refractivity contribution in [3.05, 3.63) is 35.5 Å². The van der Waals surface area contributed by atoms with Crippen LogP contribution in [0.15, 0.2) is 24.3 Å². The molecule has 2 aromatic rings. The van der Waals surface area contributed by atoms with Crippen LogP contribution in [0.2, 0.25) is 0 Å². The van der Waals surface area contributed by atoms with Gasteiger partial charge in [0.1, 0.15) is 17.3 Å². The first kappa shape index (κ1) is 19.8. The molecule has 2 rings (SSSR count). The van der Waals surface area contributed by atoms with E-state index < -0.39 is 0 Å². The standard InChI is InChI=1S/C20H29N3O3/c1-19(2,3)16-12-17(23(22-16)20(4,5)6)21-18(24)14-10-9-13(25-7)11-15(14)26-8/h9-12H,1-8H3,(H,21,24). The minimum atomic E-state index is -0.268. The maximum atomic E-state index is 12.9. The Bertz CT molecular complexity index is 796. The van der Waals surface area contributed by atoms with E-state index in [-0.39, 0.29) is 16.9 Å². The second-order valence-electron chi connectivity index (χ2n) is 8.27. The number of nitrogens with one attached hydrogen (secondary N) is 1. The summed E-state index contributed by atoms with van der Waals surface area (Å²) in [7, 11) is 3.10. The summed E-state index contributed by atoms with van der Waals surface area (Å²) in [5, 5.41) is 7.70. The zero-order valence-corrected chi connectivity index (χ0v) is 16.9. The van der Waals surface area contributed by atoms with Crippen molar-refractivity contribution in [1.82, 2.24) is 9.78 Å². The number of carbonyl (C=O) groups is 1. The summed E-state index contributed by atoms with van der Waals surface area (Å²) in [6.07, 6.45) is 0. The Morgan fingerprint density at radius 2 is 1.69 bits per heavy atom. The number of hydrogen-bond donors (Lipinski definition) is 1. The molecule has 0 fully saturated rings. The number of amides is 1. The lowest BCUT2D eigenvalue weighted by molar-refractivity contribution is 0.102. The molecule has 0 aliphatic rings. The van der Waals surface area contributed by atoms with Gasteiger partial charge in [-0.15, -0.1) is 0 Å². The van der Waals surface area contributed by atoms with Crippen molar-refractivity contribution < 1.29 is 14.3 Å². The summed E-state index contributed by atoms with van der Waals surface area (Å²) in [5.41, 5.74) is 0.973. The number of ether oxygens (including phenoxy) is 2. The Morgan fingerprint density at radius 3 is 2.19 bits per heavy atom. The van der Waals surface area contributed by atoms with Gasteiger partial charge in [0.2, 0.25) is 0 Å². The van der Waals surface area contributed by atoms with E-state index in [4.69, 9.17) is 14.6 Å². The van der Waals surface area contributed by atoms with E-state index in [0.717, 1.165) is 5.69 Å². The predicted molar refractivity (Wildman–Crippen MR) is 103 cm³/mol. The average molecular weight is 359 g/mol. The number of anilines is 1. The molecular formula is C20H29N3O3.